The number of ether oxygens (including phenoxy) is 2. The minimum atomic E-state index is -0.523. The maximum absolute atomic E-state index is 11.7. The lowest BCUT2D eigenvalue weighted by Gasteiger charge is -2.26. The van der Waals surface area contributed by atoms with Gasteiger partial charge in [-0.25, -0.2) is 9.97 Å². The van der Waals surface area contributed by atoms with Crippen LogP contribution in [0.15, 0.2) is 30.6 Å². The lowest BCUT2D eigenvalue weighted by Crippen LogP contribution is -2.30. The number of piperidine rings is 1. The summed E-state index contributed by atoms with van der Waals surface area (Å²) in [5.41, 5.74) is 3.74. The second kappa shape index (κ2) is 8.85. The number of nitrogens with one attached hydrogen (secondary N) is 2. The Hall–Kier alpha value is -2.81. The smallest absolute Gasteiger partial charge is 0.222 e. The number of hydrogen-bond acceptors (Lipinski definition) is 6. The van der Waals surface area contributed by atoms with Gasteiger partial charge in [0.15, 0.2) is 0 Å². The average molecular weight is 450 g/mol. The number of fused-ring (bicyclic) bond motifs is 1. The molecule has 0 bridgehead atoms. The molecular weight excluding hydrogens is 418 g/mol. The van der Waals surface area contributed by atoms with Crippen LogP contribution in [0, 0.1) is 6.92 Å². The van der Waals surface area contributed by atoms with Crippen molar-refractivity contribution in [2.75, 3.05) is 38.7 Å². The second-order valence-corrected chi connectivity index (χ2v) is 9.14. The van der Waals surface area contributed by atoms with E-state index in [-0.39, 0.29) is 5.91 Å². The van der Waals surface area contributed by atoms with E-state index in [1.165, 1.54) is 12.5 Å². The molecule has 5 heterocycles. The van der Waals surface area contributed by atoms with E-state index in [2.05, 4.69) is 45.4 Å². The number of nitrogens with zero attached hydrogens (tertiary/aromatic N) is 3. The normalized spacial score (nSPS) is 21.5. The third-order valence-corrected chi connectivity index (χ3v) is 6.85. The van der Waals surface area contributed by atoms with Gasteiger partial charge in [0.1, 0.15) is 17.2 Å². The molecule has 0 radical (unpaired) electrons. The van der Waals surface area contributed by atoms with E-state index >= 15 is 0 Å². The van der Waals surface area contributed by atoms with Crippen LogP contribution in [0.3, 0.4) is 0 Å². The Morgan fingerprint density at radius 3 is 2.82 bits per heavy atom. The van der Waals surface area contributed by atoms with E-state index < -0.39 is 5.60 Å². The van der Waals surface area contributed by atoms with Gasteiger partial charge in [-0.1, -0.05) is 0 Å². The Labute approximate surface area is 193 Å². The summed E-state index contributed by atoms with van der Waals surface area (Å²) in [6.45, 7) is 6.76. The number of methoxy groups -OCH3 is 1. The van der Waals surface area contributed by atoms with Crippen LogP contribution in [0.1, 0.15) is 48.9 Å². The molecule has 3 aromatic heterocycles. The first-order valence-electron chi connectivity index (χ1n) is 11.6. The zero-order valence-corrected chi connectivity index (χ0v) is 19.5. The van der Waals surface area contributed by atoms with Gasteiger partial charge in [-0.2, -0.15) is 0 Å². The van der Waals surface area contributed by atoms with Crippen LogP contribution in [0.25, 0.3) is 16.7 Å². The molecule has 0 spiro atoms. The summed E-state index contributed by atoms with van der Waals surface area (Å²) in [6.07, 6.45) is 7.04. The number of carbonyl (C=O) groups is 1. The van der Waals surface area contributed by atoms with Gasteiger partial charge in [0.2, 0.25) is 5.91 Å². The molecule has 174 valence electrons. The minimum absolute atomic E-state index is 0.141. The third-order valence-electron chi connectivity index (χ3n) is 6.85. The molecule has 8 heteroatoms. The fourth-order valence-electron chi connectivity index (χ4n) is 5.06. The Morgan fingerprint density at radius 2 is 2.12 bits per heavy atom. The lowest BCUT2D eigenvalue weighted by atomic mass is 9.90. The number of anilines is 1. The summed E-state index contributed by atoms with van der Waals surface area (Å²) in [4.78, 5) is 21.2. The number of pyridine rings is 2. The number of aryl methyl sites for hydroxylation is 1. The summed E-state index contributed by atoms with van der Waals surface area (Å²) in [5.74, 6) is 1.69. The molecule has 0 aliphatic carbocycles. The molecule has 3 aromatic rings. The van der Waals surface area contributed by atoms with E-state index in [1.54, 1.807) is 7.11 Å². The van der Waals surface area contributed by atoms with Crippen LogP contribution in [0.5, 0.6) is 0 Å². The highest BCUT2D eigenvalue weighted by molar-refractivity contribution is 5.92. The third kappa shape index (κ3) is 4.14. The zero-order chi connectivity index (χ0) is 23.0. The Kier molecular flexibility index (Phi) is 5.90. The number of aromatic nitrogens is 3. The predicted molar refractivity (Wildman–Crippen MR) is 127 cm³/mol. The Bertz CT molecular complexity index is 1180. The molecule has 1 amide bonds. The summed E-state index contributed by atoms with van der Waals surface area (Å²) in [5, 5.41) is 7.37. The molecule has 2 aliphatic heterocycles. The van der Waals surface area contributed by atoms with Crippen LogP contribution in [0.4, 0.5) is 5.82 Å². The van der Waals surface area contributed by atoms with Crippen LogP contribution in [-0.2, 0) is 19.9 Å². The van der Waals surface area contributed by atoms with E-state index in [9.17, 15) is 4.79 Å². The van der Waals surface area contributed by atoms with Crippen molar-refractivity contribution in [3.8, 4) is 5.82 Å². The van der Waals surface area contributed by atoms with Crippen molar-refractivity contribution in [3.05, 3.63) is 47.4 Å². The number of amides is 1. The first-order chi connectivity index (χ1) is 16.0. The zero-order valence-electron chi connectivity index (χ0n) is 19.5. The SMILES string of the molecule is COC1(c2cc(C)cc(-n3cc(C4CCNCC4)c4cnc(NC(C)=O)cc43)n2)CCOC1. The largest absolute Gasteiger partial charge is 0.378 e. The first kappa shape index (κ1) is 22.0. The van der Waals surface area contributed by atoms with Crippen LogP contribution >= 0.6 is 0 Å². The predicted octanol–water partition coefficient (Wildman–Crippen LogP) is 3.42. The van der Waals surface area contributed by atoms with Crippen LogP contribution < -0.4 is 10.6 Å². The Balaban J connectivity index is 1.67. The highest BCUT2D eigenvalue weighted by Gasteiger charge is 2.38. The minimum Gasteiger partial charge on any atom is -0.378 e. The maximum atomic E-state index is 11.7. The topological polar surface area (TPSA) is 90.3 Å². The first-order valence-corrected chi connectivity index (χ1v) is 11.6. The number of hydrogen-bond donors (Lipinski definition) is 2. The standard InChI is InChI=1S/C25H31N5O3/c1-16-10-22(25(32-3)6-9-33-15-25)29-24(11-16)30-14-20(18-4-7-26-8-5-18)19-13-27-23(12-21(19)30)28-17(2)31/h10-14,18,26H,4-9,15H2,1-3H3,(H,27,28,31). The molecule has 2 fully saturated rings. The van der Waals surface area contributed by atoms with Crippen LogP contribution in [0.2, 0.25) is 0 Å². The van der Waals surface area contributed by atoms with Gasteiger partial charge in [-0.3, -0.25) is 4.79 Å². The van der Waals surface area contributed by atoms with E-state index in [4.69, 9.17) is 14.5 Å². The highest BCUT2D eigenvalue weighted by atomic mass is 16.5. The van der Waals surface area contributed by atoms with Gasteiger partial charge in [0, 0.05) is 50.9 Å². The molecule has 0 saturated carbocycles. The quantitative estimate of drug-likeness (QED) is 0.620. The molecule has 8 nitrogen and oxygen atoms in total. The van der Waals surface area contributed by atoms with Gasteiger partial charge in [0.25, 0.3) is 0 Å². The summed E-state index contributed by atoms with van der Waals surface area (Å²) >= 11 is 0. The van der Waals surface area contributed by atoms with Crippen molar-refractivity contribution in [2.45, 2.75) is 44.6 Å². The van der Waals surface area contributed by atoms with Crippen molar-refractivity contribution in [1.82, 2.24) is 19.9 Å². The molecule has 2 aliphatic rings. The fourth-order valence-corrected chi connectivity index (χ4v) is 5.06. The number of carbonyl (C=O) groups excluding carboxylic acids is 1. The van der Waals surface area contributed by atoms with E-state index in [0.717, 1.165) is 60.3 Å². The fraction of sp³-hybridized carbons (Fsp3) is 0.480. The lowest BCUT2D eigenvalue weighted by molar-refractivity contribution is -0.114. The molecule has 2 N–H and O–H groups in total. The molecule has 0 aromatic carbocycles. The summed E-state index contributed by atoms with van der Waals surface area (Å²) in [6, 6.07) is 6.12. The second-order valence-electron chi connectivity index (χ2n) is 9.14. The maximum Gasteiger partial charge on any atom is 0.222 e. The number of rotatable bonds is 5. The molecule has 1 atom stereocenters. The average Bonchev–Trinajstić information content (AvgIpc) is 3.44. The van der Waals surface area contributed by atoms with Crippen molar-refractivity contribution in [1.29, 1.82) is 0 Å². The van der Waals surface area contributed by atoms with Gasteiger partial charge < -0.3 is 24.7 Å². The molecule has 1 unspecified atom stereocenters. The van der Waals surface area contributed by atoms with Gasteiger partial charge in [-0.15, -0.1) is 0 Å². The van der Waals surface area contributed by atoms with Gasteiger partial charge in [0.05, 0.1) is 17.8 Å². The van der Waals surface area contributed by atoms with Crippen LogP contribution in [-0.4, -0.2) is 53.9 Å². The van der Waals surface area contributed by atoms with Crippen molar-refractivity contribution in [3.63, 3.8) is 0 Å². The van der Waals surface area contributed by atoms with Crippen molar-refractivity contribution in [2.24, 2.45) is 0 Å². The molecule has 2 saturated heterocycles. The van der Waals surface area contributed by atoms with E-state index in [1.807, 2.05) is 12.3 Å². The Morgan fingerprint density at radius 1 is 1.30 bits per heavy atom. The van der Waals surface area contributed by atoms with Gasteiger partial charge >= 0.3 is 0 Å². The molecule has 33 heavy (non-hydrogen) atoms. The van der Waals surface area contributed by atoms with Gasteiger partial charge in [-0.05, 0) is 62.0 Å². The van der Waals surface area contributed by atoms with Crippen molar-refractivity contribution < 1.29 is 14.3 Å². The van der Waals surface area contributed by atoms with E-state index in [0.29, 0.717) is 24.9 Å². The summed E-state index contributed by atoms with van der Waals surface area (Å²) in [7, 11) is 1.73. The highest BCUT2D eigenvalue weighted by Crippen LogP contribution is 2.37. The molecule has 5 rings (SSSR count). The summed E-state index contributed by atoms with van der Waals surface area (Å²) < 4.78 is 13.7. The monoisotopic (exact) mass is 449 g/mol. The van der Waals surface area contributed by atoms with Crippen molar-refractivity contribution >= 4 is 22.6 Å². The molecular formula is C25H31N5O3.